The van der Waals surface area contributed by atoms with Crippen molar-refractivity contribution in [3.05, 3.63) is 82.0 Å². The standard InChI is InChI=1S/C29H30ClN3O2S/c1-18(2)35-27-26(30)15-22(16-31-27)28-32-33-29(36-28)24-11-12-25-21(9-10-23(25)19(24)3)13-14-34-17-20-7-5-4-6-8-20/h4-8,11-12,15-16,18,21H,9-10,13-14,17H2,1-3H3/t21-/m1/s1. The molecule has 4 aromatic rings. The zero-order valence-electron chi connectivity index (χ0n) is 20.8. The lowest BCUT2D eigenvalue weighted by atomic mass is 9.94. The molecule has 186 valence electrons. The van der Waals surface area contributed by atoms with Crippen molar-refractivity contribution in [2.75, 3.05) is 6.61 Å². The minimum Gasteiger partial charge on any atom is -0.474 e. The van der Waals surface area contributed by atoms with E-state index < -0.39 is 0 Å². The highest BCUT2D eigenvalue weighted by Gasteiger charge is 2.26. The van der Waals surface area contributed by atoms with E-state index in [9.17, 15) is 0 Å². The molecule has 0 unspecified atom stereocenters. The number of hydrogen-bond acceptors (Lipinski definition) is 6. The maximum absolute atomic E-state index is 6.39. The van der Waals surface area contributed by atoms with E-state index in [0.717, 1.165) is 40.6 Å². The summed E-state index contributed by atoms with van der Waals surface area (Å²) in [4.78, 5) is 4.37. The van der Waals surface area contributed by atoms with E-state index in [1.165, 1.54) is 28.7 Å². The summed E-state index contributed by atoms with van der Waals surface area (Å²) in [5, 5.41) is 11.1. The minimum atomic E-state index is 0.0122. The minimum absolute atomic E-state index is 0.0122. The highest BCUT2D eigenvalue weighted by atomic mass is 35.5. The van der Waals surface area contributed by atoms with Gasteiger partial charge in [0.2, 0.25) is 5.88 Å². The Morgan fingerprint density at radius 1 is 1.08 bits per heavy atom. The fourth-order valence-corrected chi connectivity index (χ4v) is 5.91. The molecule has 5 rings (SSSR count). The Balaban J connectivity index is 1.27. The number of halogens is 1. The van der Waals surface area contributed by atoms with E-state index in [1.54, 1.807) is 17.5 Å². The van der Waals surface area contributed by atoms with Gasteiger partial charge in [0.25, 0.3) is 0 Å². The lowest BCUT2D eigenvalue weighted by Crippen LogP contribution is -2.07. The molecule has 0 N–H and O–H groups in total. The van der Waals surface area contributed by atoms with Crippen LogP contribution in [0.3, 0.4) is 0 Å². The van der Waals surface area contributed by atoms with Gasteiger partial charge in [-0.3, -0.25) is 0 Å². The van der Waals surface area contributed by atoms with Gasteiger partial charge in [-0.25, -0.2) is 4.98 Å². The lowest BCUT2D eigenvalue weighted by molar-refractivity contribution is 0.114. The number of pyridine rings is 1. The maximum Gasteiger partial charge on any atom is 0.232 e. The van der Waals surface area contributed by atoms with Gasteiger partial charge in [0, 0.05) is 23.9 Å². The second-order valence-electron chi connectivity index (χ2n) is 9.46. The van der Waals surface area contributed by atoms with Crippen LogP contribution in [0.4, 0.5) is 0 Å². The Kier molecular flexibility index (Phi) is 7.65. The van der Waals surface area contributed by atoms with Gasteiger partial charge in [-0.05, 0) is 74.3 Å². The molecule has 0 amide bonds. The predicted octanol–water partition coefficient (Wildman–Crippen LogP) is 7.65. The van der Waals surface area contributed by atoms with Gasteiger partial charge in [0.1, 0.15) is 15.0 Å². The number of rotatable bonds is 9. The van der Waals surface area contributed by atoms with Crippen LogP contribution in [0.5, 0.6) is 5.88 Å². The highest BCUT2D eigenvalue weighted by molar-refractivity contribution is 7.17. The number of fused-ring (bicyclic) bond motifs is 1. The molecule has 0 spiro atoms. The first-order valence-corrected chi connectivity index (χ1v) is 13.6. The molecule has 0 saturated carbocycles. The molecular weight excluding hydrogens is 490 g/mol. The largest absolute Gasteiger partial charge is 0.474 e. The van der Waals surface area contributed by atoms with E-state index in [0.29, 0.717) is 23.4 Å². The van der Waals surface area contributed by atoms with Gasteiger partial charge >= 0.3 is 0 Å². The van der Waals surface area contributed by atoms with Crippen molar-refractivity contribution in [2.45, 2.75) is 58.7 Å². The van der Waals surface area contributed by atoms with Crippen LogP contribution >= 0.6 is 22.9 Å². The van der Waals surface area contributed by atoms with Crippen LogP contribution in [0.2, 0.25) is 5.02 Å². The first-order chi connectivity index (χ1) is 17.5. The van der Waals surface area contributed by atoms with Crippen LogP contribution in [-0.4, -0.2) is 27.9 Å². The fourth-order valence-electron chi connectivity index (χ4n) is 4.79. The molecule has 0 fully saturated rings. The summed E-state index contributed by atoms with van der Waals surface area (Å²) in [6, 6.07) is 16.7. The zero-order chi connectivity index (χ0) is 25.1. The Morgan fingerprint density at radius 2 is 1.89 bits per heavy atom. The smallest absolute Gasteiger partial charge is 0.232 e. The summed E-state index contributed by atoms with van der Waals surface area (Å²) in [5.74, 6) is 0.989. The molecule has 0 bridgehead atoms. The molecule has 2 aromatic heterocycles. The van der Waals surface area contributed by atoms with Crippen molar-refractivity contribution in [3.8, 4) is 27.0 Å². The lowest BCUT2D eigenvalue weighted by Gasteiger charge is -2.14. The van der Waals surface area contributed by atoms with Crippen LogP contribution in [0.15, 0.2) is 54.7 Å². The Bertz CT molecular complexity index is 1340. The normalized spacial score (nSPS) is 14.9. The van der Waals surface area contributed by atoms with Crippen LogP contribution in [0, 0.1) is 6.92 Å². The number of benzene rings is 2. The molecule has 5 nitrogen and oxygen atoms in total. The number of ether oxygens (including phenoxy) is 2. The van der Waals surface area contributed by atoms with Crippen LogP contribution in [0.25, 0.3) is 21.1 Å². The van der Waals surface area contributed by atoms with Crippen LogP contribution in [0.1, 0.15) is 54.9 Å². The Morgan fingerprint density at radius 3 is 2.67 bits per heavy atom. The van der Waals surface area contributed by atoms with Gasteiger partial charge in [-0.15, -0.1) is 10.2 Å². The molecule has 1 aliphatic rings. The molecule has 2 aromatic carbocycles. The Hall–Kier alpha value is -2.80. The summed E-state index contributed by atoms with van der Waals surface area (Å²) in [6.45, 7) is 7.55. The van der Waals surface area contributed by atoms with Crippen molar-refractivity contribution in [3.63, 3.8) is 0 Å². The van der Waals surface area contributed by atoms with Crippen molar-refractivity contribution in [2.24, 2.45) is 0 Å². The van der Waals surface area contributed by atoms with Gasteiger partial charge in [0.05, 0.1) is 12.7 Å². The van der Waals surface area contributed by atoms with Crippen LogP contribution in [-0.2, 0) is 17.8 Å². The van der Waals surface area contributed by atoms with E-state index >= 15 is 0 Å². The summed E-state index contributed by atoms with van der Waals surface area (Å²) in [6.07, 6.45) is 5.07. The molecule has 2 heterocycles. The third-order valence-corrected chi connectivity index (χ3v) is 7.87. The third-order valence-electron chi connectivity index (χ3n) is 6.60. The Labute approximate surface area is 221 Å². The molecule has 0 radical (unpaired) electrons. The highest BCUT2D eigenvalue weighted by Crippen LogP contribution is 2.42. The second kappa shape index (κ2) is 11.1. The van der Waals surface area contributed by atoms with E-state index in [4.69, 9.17) is 21.1 Å². The summed E-state index contributed by atoms with van der Waals surface area (Å²) < 4.78 is 11.6. The summed E-state index contributed by atoms with van der Waals surface area (Å²) >= 11 is 7.95. The average molecular weight is 520 g/mol. The molecule has 1 atom stereocenters. The maximum atomic E-state index is 6.39. The first kappa shape index (κ1) is 24.9. The van der Waals surface area contributed by atoms with Crippen molar-refractivity contribution < 1.29 is 9.47 Å². The third kappa shape index (κ3) is 5.46. The topological polar surface area (TPSA) is 57.1 Å². The SMILES string of the molecule is Cc1c(-c2nnc(-c3cnc(OC(C)C)c(Cl)c3)s2)ccc2c1CC[C@@H]2CCOCc1ccccc1. The van der Waals surface area contributed by atoms with E-state index in [1.807, 2.05) is 26.0 Å². The van der Waals surface area contributed by atoms with Crippen molar-refractivity contribution >= 4 is 22.9 Å². The van der Waals surface area contributed by atoms with Crippen LogP contribution < -0.4 is 4.74 Å². The summed E-state index contributed by atoms with van der Waals surface area (Å²) in [7, 11) is 0. The van der Waals surface area contributed by atoms with Crippen molar-refractivity contribution in [1.29, 1.82) is 0 Å². The second-order valence-corrected chi connectivity index (χ2v) is 10.8. The average Bonchev–Trinajstić information content (AvgIpc) is 3.52. The molecular formula is C29H30ClN3O2S. The number of nitrogens with zero attached hydrogens (tertiary/aromatic N) is 3. The van der Waals surface area contributed by atoms with E-state index in [2.05, 4.69) is 58.5 Å². The number of hydrogen-bond donors (Lipinski definition) is 0. The zero-order valence-corrected chi connectivity index (χ0v) is 22.4. The first-order valence-electron chi connectivity index (χ1n) is 12.4. The number of aromatic nitrogens is 3. The molecule has 7 heteroatoms. The van der Waals surface area contributed by atoms with E-state index in [-0.39, 0.29) is 6.10 Å². The fraction of sp³-hybridized carbons (Fsp3) is 0.345. The van der Waals surface area contributed by atoms with Gasteiger partial charge in [-0.2, -0.15) is 0 Å². The molecule has 0 aliphatic heterocycles. The molecule has 1 aliphatic carbocycles. The van der Waals surface area contributed by atoms with Crippen molar-refractivity contribution in [1.82, 2.24) is 15.2 Å². The molecule has 36 heavy (non-hydrogen) atoms. The predicted molar refractivity (Wildman–Crippen MR) is 146 cm³/mol. The summed E-state index contributed by atoms with van der Waals surface area (Å²) in [5.41, 5.74) is 7.43. The monoisotopic (exact) mass is 519 g/mol. The quantitative estimate of drug-likeness (QED) is 0.212. The molecule has 0 saturated heterocycles. The van der Waals surface area contributed by atoms with Gasteiger partial charge in [-0.1, -0.05) is 65.4 Å². The van der Waals surface area contributed by atoms with Gasteiger partial charge in [0.15, 0.2) is 0 Å². The van der Waals surface area contributed by atoms with Gasteiger partial charge < -0.3 is 9.47 Å².